The Morgan fingerprint density at radius 3 is 2.59 bits per heavy atom. The van der Waals surface area contributed by atoms with Gasteiger partial charge in [0.2, 0.25) is 5.91 Å². The molecule has 5 nitrogen and oxygen atoms in total. The second-order valence-electron chi connectivity index (χ2n) is 4.67. The smallest absolute Gasteiger partial charge is 0.220 e. The van der Waals surface area contributed by atoms with Crippen LogP contribution in [-0.4, -0.2) is 46.0 Å². The Morgan fingerprint density at radius 2 is 1.91 bits per heavy atom. The molecular weight excluding hydrogens is 282 g/mol. The molecule has 1 amide bonds. The van der Waals surface area contributed by atoms with Gasteiger partial charge in [-0.15, -0.1) is 6.58 Å². The number of amides is 1. The third-order valence-corrected chi connectivity index (χ3v) is 2.98. The van der Waals surface area contributed by atoms with Crippen LogP contribution in [0.1, 0.15) is 12.0 Å². The molecule has 0 aliphatic rings. The summed E-state index contributed by atoms with van der Waals surface area (Å²) in [7, 11) is 1.64. The van der Waals surface area contributed by atoms with Gasteiger partial charge >= 0.3 is 0 Å². The van der Waals surface area contributed by atoms with Gasteiger partial charge in [-0.1, -0.05) is 18.2 Å². The van der Waals surface area contributed by atoms with Gasteiger partial charge in [-0.3, -0.25) is 4.79 Å². The van der Waals surface area contributed by atoms with Crippen LogP contribution in [-0.2, 0) is 20.7 Å². The van der Waals surface area contributed by atoms with Crippen molar-refractivity contribution in [2.75, 3.05) is 40.1 Å². The van der Waals surface area contributed by atoms with E-state index in [0.29, 0.717) is 45.8 Å². The Hall–Kier alpha value is -1.85. The van der Waals surface area contributed by atoms with Gasteiger partial charge < -0.3 is 19.5 Å². The van der Waals surface area contributed by atoms with Gasteiger partial charge in [0.1, 0.15) is 5.75 Å². The van der Waals surface area contributed by atoms with Gasteiger partial charge in [-0.05, 0) is 24.1 Å². The summed E-state index contributed by atoms with van der Waals surface area (Å²) in [5.74, 6) is 0.852. The third kappa shape index (κ3) is 8.44. The predicted molar refractivity (Wildman–Crippen MR) is 86.2 cm³/mol. The highest BCUT2D eigenvalue weighted by molar-refractivity contribution is 5.76. The zero-order valence-corrected chi connectivity index (χ0v) is 13.2. The fourth-order valence-electron chi connectivity index (χ4n) is 1.79. The lowest BCUT2D eigenvalue weighted by Gasteiger charge is -2.07. The summed E-state index contributed by atoms with van der Waals surface area (Å²) < 4.78 is 15.6. The first kappa shape index (κ1) is 18.2. The monoisotopic (exact) mass is 307 g/mol. The molecule has 0 radical (unpaired) electrons. The number of rotatable bonds is 12. The van der Waals surface area contributed by atoms with E-state index in [9.17, 15) is 4.79 Å². The summed E-state index contributed by atoms with van der Waals surface area (Å²) in [5.41, 5.74) is 1.12. The molecular formula is C17H25NO4. The molecule has 0 unspecified atom stereocenters. The average molecular weight is 307 g/mol. The summed E-state index contributed by atoms with van der Waals surface area (Å²) in [6.07, 6.45) is 2.88. The van der Waals surface area contributed by atoms with Crippen molar-refractivity contribution in [3.05, 3.63) is 42.5 Å². The summed E-state index contributed by atoms with van der Waals surface area (Å²) in [5, 5.41) is 2.83. The Bertz CT molecular complexity index is 431. The molecule has 0 fully saturated rings. The number of nitrogens with one attached hydrogen (secondary N) is 1. The van der Waals surface area contributed by atoms with Crippen molar-refractivity contribution in [2.45, 2.75) is 12.8 Å². The van der Waals surface area contributed by atoms with E-state index >= 15 is 0 Å². The SMILES string of the molecule is C=CCOCCOCCNC(=O)CCc1ccc(OC)cc1. The molecule has 5 heteroatoms. The normalized spacial score (nSPS) is 10.2. The van der Waals surface area contributed by atoms with Crippen molar-refractivity contribution in [3.63, 3.8) is 0 Å². The first-order valence-corrected chi connectivity index (χ1v) is 7.42. The van der Waals surface area contributed by atoms with Crippen LogP contribution in [0.4, 0.5) is 0 Å². The molecule has 1 rings (SSSR count). The molecule has 0 aliphatic heterocycles. The Labute approximate surface area is 132 Å². The number of aryl methyl sites for hydroxylation is 1. The van der Waals surface area contributed by atoms with Crippen LogP contribution in [0.2, 0.25) is 0 Å². The maximum atomic E-state index is 11.7. The maximum Gasteiger partial charge on any atom is 0.220 e. The molecule has 22 heavy (non-hydrogen) atoms. The maximum absolute atomic E-state index is 11.7. The second-order valence-corrected chi connectivity index (χ2v) is 4.67. The van der Waals surface area contributed by atoms with E-state index in [2.05, 4.69) is 11.9 Å². The molecule has 1 N–H and O–H groups in total. The van der Waals surface area contributed by atoms with Gasteiger partial charge in [0.15, 0.2) is 0 Å². The van der Waals surface area contributed by atoms with E-state index in [-0.39, 0.29) is 5.91 Å². The van der Waals surface area contributed by atoms with E-state index in [1.807, 2.05) is 24.3 Å². The van der Waals surface area contributed by atoms with Gasteiger partial charge in [0.25, 0.3) is 0 Å². The van der Waals surface area contributed by atoms with Crippen molar-refractivity contribution in [1.82, 2.24) is 5.32 Å². The highest BCUT2D eigenvalue weighted by atomic mass is 16.5. The largest absolute Gasteiger partial charge is 0.497 e. The van der Waals surface area contributed by atoms with Crippen molar-refractivity contribution in [2.24, 2.45) is 0 Å². The standard InChI is InChI=1S/C17H25NO4/c1-3-11-21-13-14-22-12-10-18-17(19)9-6-15-4-7-16(20-2)8-5-15/h3-5,7-8H,1,6,9-14H2,2H3,(H,18,19). The predicted octanol–water partition coefficient (Wildman–Crippen LogP) is 1.96. The molecule has 1 aromatic carbocycles. The summed E-state index contributed by atoms with van der Waals surface area (Å²) in [4.78, 5) is 11.7. The zero-order valence-electron chi connectivity index (χ0n) is 13.2. The van der Waals surface area contributed by atoms with Crippen LogP contribution in [0.25, 0.3) is 0 Å². The molecule has 0 aliphatic carbocycles. The first-order chi connectivity index (χ1) is 10.8. The van der Waals surface area contributed by atoms with Crippen molar-refractivity contribution < 1.29 is 19.0 Å². The van der Waals surface area contributed by atoms with Gasteiger partial charge in [0.05, 0.1) is 33.5 Å². The molecule has 1 aromatic rings. The van der Waals surface area contributed by atoms with Crippen LogP contribution in [0.5, 0.6) is 5.75 Å². The number of hydrogen-bond donors (Lipinski definition) is 1. The minimum Gasteiger partial charge on any atom is -0.497 e. The first-order valence-electron chi connectivity index (χ1n) is 7.42. The minimum atomic E-state index is 0.0299. The lowest BCUT2D eigenvalue weighted by atomic mass is 10.1. The van der Waals surface area contributed by atoms with E-state index in [4.69, 9.17) is 14.2 Å². The van der Waals surface area contributed by atoms with Crippen molar-refractivity contribution >= 4 is 5.91 Å². The number of hydrogen-bond acceptors (Lipinski definition) is 4. The zero-order chi connectivity index (χ0) is 16.0. The van der Waals surface area contributed by atoms with Gasteiger partial charge in [0, 0.05) is 13.0 Å². The fraction of sp³-hybridized carbons (Fsp3) is 0.471. The van der Waals surface area contributed by atoms with E-state index < -0.39 is 0 Å². The summed E-state index contributed by atoms with van der Waals surface area (Å²) >= 11 is 0. The minimum absolute atomic E-state index is 0.0299. The second kappa shape index (κ2) is 11.8. The molecule has 0 saturated carbocycles. The lowest BCUT2D eigenvalue weighted by Crippen LogP contribution is -2.27. The molecule has 0 heterocycles. The topological polar surface area (TPSA) is 56.8 Å². The molecule has 122 valence electrons. The van der Waals surface area contributed by atoms with E-state index in [0.717, 1.165) is 11.3 Å². The highest BCUT2D eigenvalue weighted by Crippen LogP contribution is 2.12. The van der Waals surface area contributed by atoms with Gasteiger partial charge in [-0.2, -0.15) is 0 Å². The Kier molecular flexibility index (Phi) is 9.74. The molecule has 0 aromatic heterocycles. The molecule has 0 bridgehead atoms. The van der Waals surface area contributed by atoms with Crippen LogP contribution in [0, 0.1) is 0 Å². The van der Waals surface area contributed by atoms with Crippen LogP contribution >= 0.6 is 0 Å². The van der Waals surface area contributed by atoms with E-state index in [1.165, 1.54) is 0 Å². The lowest BCUT2D eigenvalue weighted by molar-refractivity contribution is -0.121. The average Bonchev–Trinajstić information content (AvgIpc) is 2.56. The van der Waals surface area contributed by atoms with E-state index in [1.54, 1.807) is 13.2 Å². The van der Waals surface area contributed by atoms with Crippen molar-refractivity contribution in [3.8, 4) is 5.75 Å². The highest BCUT2D eigenvalue weighted by Gasteiger charge is 2.02. The Balaban J connectivity index is 2.02. The van der Waals surface area contributed by atoms with Crippen LogP contribution < -0.4 is 10.1 Å². The molecule has 0 spiro atoms. The number of benzene rings is 1. The van der Waals surface area contributed by atoms with Crippen LogP contribution in [0.3, 0.4) is 0 Å². The number of carbonyl (C=O) groups excluding carboxylic acids is 1. The number of carbonyl (C=O) groups is 1. The van der Waals surface area contributed by atoms with Crippen molar-refractivity contribution in [1.29, 1.82) is 0 Å². The summed E-state index contributed by atoms with van der Waals surface area (Å²) in [6.45, 7) is 6.16. The Morgan fingerprint density at radius 1 is 1.18 bits per heavy atom. The number of methoxy groups -OCH3 is 1. The number of ether oxygens (including phenoxy) is 3. The third-order valence-electron chi connectivity index (χ3n) is 2.98. The molecule has 0 saturated heterocycles. The quantitative estimate of drug-likeness (QED) is 0.474. The van der Waals surface area contributed by atoms with Crippen LogP contribution in [0.15, 0.2) is 36.9 Å². The molecule has 0 atom stereocenters. The van der Waals surface area contributed by atoms with Gasteiger partial charge in [-0.25, -0.2) is 0 Å². The summed E-state index contributed by atoms with van der Waals surface area (Å²) in [6, 6.07) is 7.74. The fourth-order valence-corrected chi connectivity index (χ4v) is 1.79.